The minimum Gasteiger partial charge on any atom is -0.350 e. The topological polar surface area (TPSA) is 35.6 Å². The van der Waals surface area contributed by atoms with Crippen LogP contribution >= 0.6 is 11.6 Å². The average Bonchev–Trinajstić information content (AvgIpc) is 2.43. The molecule has 0 spiro atoms. The van der Waals surface area contributed by atoms with Crippen LogP contribution in [0.4, 0.5) is 4.39 Å². The van der Waals surface area contributed by atoms with Crippen LogP contribution in [0.5, 0.6) is 0 Å². The maximum absolute atomic E-state index is 13.8. The SMILES string of the molecule is CC(C)(C)NC(=O)CN1CCN(Cc2c(F)cccc2Cl)CC1. The Morgan fingerprint density at radius 2 is 1.83 bits per heavy atom. The summed E-state index contributed by atoms with van der Waals surface area (Å²) in [5, 5.41) is 3.44. The van der Waals surface area contributed by atoms with Gasteiger partial charge in [0.25, 0.3) is 0 Å². The van der Waals surface area contributed by atoms with Crippen molar-refractivity contribution in [2.75, 3.05) is 32.7 Å². The van der Waals surface area contributed by atoms with Crippen molar-refractivity contribution in [3.05, 3.63) is 34.6 Å². The second-order valence-corrected chi connectivity index (χ2v) is 7.46. The number of halogens is 2. The van der Waals surface area contributed by atoms with Crippen molar-refractivity contribution in [2.24, 2.45) is 0 Å². The minimum absolute atomic E-state index is 0.0445. The Kier molecular flexibility index (Phi) is 6.00. The summed E-state index contributed by atoms with van der Waals surface area (Å²) in [6.07, 6.45) is 0. The molecule has 1 aliphatic heterocycles. The Morgan fingerprint density at radius 3 is 2.39 bits per heavy atom. The van der Waals surface area contributed by atoms with Crippen LogP contribution in [-0.2, 0) is 11.3 Å². The van der Waals surface area contributed by atoms with Crippen LogP contribution < -0.4 is 5.32 Å². The highest BCUT2D eigenvalue weighted by atomic mass is 35.5. The summed E-state index contributed by atoms with van der Waals surface area (Å²) < 4.78 is 13.8. The molecule has 23 heavy (non-hydrogen) atoms. The van der Waals surface area contributed by atoms with Gasteiger partial charge in [-0.1, -0.05) is 17.7 Å². The number of nitrogens with one attached hydrogen (secondary N) is 1. The van der Waals surface area contributed by atoms with Gasteiger partial charge in [0.05, 0.1) is 6.54 Å². The summed E-state index contributed by atoms with van der Waals surface area (Å²) in [6.45, 7) is 10.0. The van der Waals surface area contributed by atoms with Gasteiger partial charge >= 0.3 is 0 Å². The molecule has 2 rings (SSSR count). The number of nitrogens with zero attached hydrogens (tertiary/aromatic N) is 2. The van der Waals surface area contributed by atoms with Crippen LogP contribution in [-0.4, -0.2) is 54.0 Å². The maximum atomic E-state index is 13.8. The molecule has 4 nitrogen and oxygen atoms in total. The van der Waals surface area contributed by atoms with Gasteiger partial charge in [0.1, 0.15) is 5.82 Å². The molecule has 1 aromatic rings. The first kappa shape index (κ1) is 18.2. The van der Waals surface area contributed by atoms with Gasteiger partial charge in [0.15, 0.2) is 0 Å². The first-order valence-corrected chi connectivity index (χ1v) is 8.31. The Bertz CT molecular complexity index is 531. The molecular formula is C17H25ClFN3O. The molecule has 1 fully saturated rings. The van der Waals surface area contributed by atoms with Crippen molar-refractivity contribution in [3.8, 4) is 0 Å². The number of piperazine rings is 1. The van der Waals surface area contributed by atoms with Crippen LogP contribution in [0.25, 0.3) is 0 Å². The molecule has 1 heterocycles. The highest BCUT2D eigenvalue weighted by molar-refractivity contribution is 6.31. The molecule has 1 aliphatic rings. The molecule has 128 valence electrons. The second-order valence-electron chi connectivity index (χ2n) is 7.05. The number of amides is 1. The fourth-order valence-electron chi connectivity index (χ4n) is 2.67. The van der Waals surface area contributed by atoms with Gasteiger partial charge in [-0.25, -0.2) is 4.39 Å². The molecule has 0 bridgehead atoms. The van der Waals surface area contributed by atoms with Crippen molar-refractivity contribution in [1.29, 1.82) is 0 Å². The third-order valence-electron chi connectivity index (χ3n) is 3.79. The molecule has 0 aliphatic carbocycles. The summed E-state index contributed by atoms with van der Waals surface area (Å²) in [5.74, 6) is -0.215. The van der Waals surface area contributed by atoms with Gasteiger partial charge in [-0.15, -0.1) is 0 Å². The highest BCUT2D eigenvalue weighted by Crippen LogP contribution is 2.21. The van der Waals surface area contributed by atoms with Crippen LogP contribution in [0.2, 0.25) is 5.02 Å². The lowest BCUT2D eigenvalue weighted by molar-refractivity contribution is -0.124. The predicted octanol–water partition coefficient (Wildman–Crippen LogP) is 2.51. The van der Waals surface area contributed by atoms with E-state index in [9.17, 15) is 9.18 Å². The van der Waals surface area contributed by atoms with E-state index in [1.165, 1.54) is 6.07 Å². The van der Waals surface area contributed by atoms with Gasteiger partial charge in [0, 0.05) is 48.8 Å². The van der Waals surface area contributed by atoms with Gasteiger partial charge in [-0.05, 0) is 32.9 Å². The van der Waals surface area contributed by atoms with E-state index in [1.54, 1.807) is 12.1 Å². The molecule has 1 amide bonds. The monoisotopic (exact) mass is 341 g/mol. The van der Waals surface area contributed by atoms with Crippen molar-refractivity contribution in [3.63, 3.8) is 0 Å². The zero-order valence-electron chi connectivity index (χ0n) is 14.0. The van der Waals surface area contributed by atoms with E-state index in [1.807, 2.05) is 20.8 Å². The van der Waals surface area contributed by atoms with Crippen molar-refractivity contribution in [1.82, 2.24) is 15.1 Å². The van der Waals surface area contributed by atoms with Crippen LogP contribution in [0, 0.1) is 5.82 Å². The van der Waals surface area contributed by atoms with Gasteiger partial charge < -0.3 is 5.32 Å². The number of carbonyl (C=O) groups is 1. The number of rotatable bonds is 4. The number of benzene rings is 1. The van der Waals surface area contributed by atoms with Gasteiger partial charge in [0.2, 0.25) is 5.91 Å². The summed E-state index contributed by atoms with van der Waals surface area (Å²) in [6, 6.07) is 4.77. The lowest BCUT2D eigenvalue weighted by atomic mass is 10.1. The number of hydrogen-bond acceptors (Lipinski definition) is 3. The molecule has 0 aromatic heterocycles. The van der Waals surface area contributed by atoms with E-state index >= 15 is 0 Å². The van der Waals surface area contributed by atoms with Crippen molar-refractivity contribution < 1.29 is 9.18 Å². The highest BCUT2D eigenvalue weighted by Gasteiger charge is 2.22. The Hall–Kier alpha value is -1.17. The summed E-state index contributed by atoms with van der Waals surface area (Å²) in [5.41, 5.74) is 0.341. The summed E-state index contributed by atoms with van der Waals surface area (Å²) >= 11 is 6.08. The van der Waals surface area contributed by atoms with E-state index in [2.05, 4.69) is 15.1 Å². The van der Waals surface area contributed by atoms with Gasteiger partial charge in [-0.3, -0.25) is 14.6 Å². The first-order valence-electron chi connectivity index (χ1n) is 7.93. The Morgan fingerprint density at radius 1 is 1.22 bits per heavy atom. The molecule has 6 heteroatoms. The lowest BCUT2D eigenvalue weighted by Crippen LogP contribution is -2.51. The largest absolute Gasteiger partial charge is 0.350 e. The minimum atomic E-state index is -0.260. The first-order chi connectivity index (χ1) is 10.7. The number of hydrogen-bond donors (Lipinski definition) is 1. The van der Waals surface area contributed by atoms with Crippen molar-refractivity contribution in [2.45, 2.75) is 32.9 Å². The second kappa shape index (κ2) is 7.60. The molecule has 0 saturated carbocycles. The molecule has 1 saturated heterocycles. The fraction of sp³-hybridized carbons (Fsp3) is 0.588. The fourth-order valence-corrected chi connectivity index (χ4v) is 2.90. The molecular weight excluding hydrogens is 317 g/mol. The summed E-state index contributed by atoms with van der Waals surface area (Å²) in [4.78, 5) is 16.2. The number of carbonyl (C=O) groups excluding carboxylic acids is 1. The zero-order chi connectivity index (χ0) is 17.0. The lowest BCUT2D eigenvalue weighted by Gasteiger charge is -2.35. The van der Waals surface area contributed by atoms with Crippen LogP contribution in [0.15, 0.2) is 18.2 Å². The average molecular weight is 342 g/mol. The molecule has 1 N–H and O–H groups in total. The molecule has 1 aromatic carbocycles. The van der Waals surface area contributed by atoms with E-state index in [0.717, 1.165) is 26.2 Å². The van der Waals surface area contributed by atoms with E-state index in [-0.39, 0.29) is 17.3 Å². The molecule has 0 unspecified atom stereocenters. The van der Waals surface area contributed by atoms with Gasteiger partial charge in [-0.2, -0.15) is 0 Å². The van der Waals surface area contributed by atoms with Crippen molar-refractivity contribution >= 4 is 17.5 Å². The maximum Gasteiger partial charge on any atom is 0.234 e. The van der Waals surface area contributed by atoms with E-state index < -0.39 is 0 Å². The third kappa shape index (κ3) is 5.75. The molecule has 0 radical (unpaired) electrons. The normalized spacial score (nSPS) is 17.3. The Balaban J connectivity index is 1.81. The standard InChI is InChI=1S/C17H25ClFN3O/c1-17(2,3)20-16(23)12-22-9-7-21(8-10-22)11-13-14(18)5-4-6-15(13)19/h4-6H,7-12H2,1-3H3,(H,20,23). The Labute approximate surface area is 142 Å². The van der Waals surface area contributed by atoms with E-state index in [0.29, 0.717) is 23.7 Å². The van der Waals surface area contributed by atoms with Crippen LogP contribution in [0.3, 0.4) is 0 Å². The predicted molar refractivity (Wildman–Crippen MR) is 91.0 cm³/mol. The van der Waals surface area contributed by atoms with Crippen LogP contribution in [0.1, 0.15) is 26.3 Å². The zero-order valence-corrected chi connectivity index (χ0v) is 14.8. The summed E-state index contributed by atoms with van der Waals surface area (Å²) in [7, 11) is 0. The molecule has 0 atom stereocenters. The third-order valence-corrected chi connectivity index (χ3v) is 4.14. The smallest absolute Gasteiger partial charge is 0.234 e. The van der Waals surface area contributed by atoms with E-state index in [4.69, 9.17) is 11.6 Å². The quantitative estimate of drug-likeness (QED) is 0.914.